The number of rotatable bonds is 4. The Morgan fingerprint density at radius 3 is 2.57 bits per heavy atom. The summed E-state index contributed by atoms with van der Waals surface area (Å²) in [4.78, 5) is 14.4. The molecule has 6 heteroatoms. The van der Waals surface area contributed by atoms with E-state index in [9.17, 15) is 4.79 Å². The summed E-state index contributed by atoms with van der Waals surface area (Å²) in [6, 6.07) is 10.0. The zero-order valence-electron chi connectivity index (χ0n) is 13.8. The first-order valence-corrected chi connectivity index (χ1v) is 8.08. The highest BCUT2D eigenvalue weighted by Gasteiger charge is 2.22. The van der Waals surface area contributed by atoms with E-state index in [4.69, 9.17) is 5.73 Å². The van der Waals surface area contributed by atoms with Crippen LogP contribution in [0.4, 0.5) is 0 Å². The van der Waals surface area contributed by atoms with Crippen LogP contribution in [-0.4, -0.2) is 35.0 Å². The summed E-state index contributed by atoms with van der Waals surface area (Å²) in [5.74, 6) is 0.00676. The first-order valence-electron chi connectivity index (χ1n) is 7.29. The minimum absolute atomic E-state index is 0. The van der Waals surface area contributed by atoms with Gasteiger partial charge in [0.25, 0.3) is 5.91 Å². The molecule has 0 aliphatic rings. The fourth-order valence-electron chi connectivity index (χ4n) is 2.54. The molecule has 1 aromatic carbocycles. The van der Waals surface area contributed by atoms with Crippen molar-refractivity contribution in [1.29, 1.82) is 0 Å². The fraction of sp³-hybridized carbons (Fsp3) is 0.353. The number of benzene rings is 1. The number of aromatic nitrogens is 1. The van der Waals surface area contributed by atoms with E-state index in [1.807, 2.05) is 51.1 Å². The summed E-state index contributed by atoms with van der Waals surface area (Å²) >= 11 is 3.49. The maximum absolute atomic E-state index is 12.7. The average Bonchev–Trinajstić information content (AvgIpc) is 2.79. The van der Waals surface area contributed by atoms with Gasteiger partial charge < -0.3 is 15.2 Å². The molecule has 0 aliphatic carbocycles. The van der Waals surface area contributed by atoms with E-state index in [1.54, 1.807) is 11.9 Å². The molecular weight excluding hydrogens is 378 g/mol. The molecule has 1 amide bonds. The van der Waals surface area contributed by atoms with E-state index in [0.717, 1.165) is 27.1 Å². The van der Waals surface area contributed by atoms with Gasteiger partial charge in [-0.3, -0.25) is 4.79 Å². The molecule has 1 aromatic heterocycles. The zero-order chi connectivity index (χ0) is 16.4. The van der Waals surface area contributed by atoms with Crippen molar-refractivity contribution < 1.29 is 4.79 Å². The number of carbonyl (C=O) groups is 1. The molecule has 1 unspecified atom stereocenters. The van der Waals surface area contributed by atoms with E-state index in [0.29, 0.717) is 6.54 Å². The predicted octanol–water partition coefficient (Wildman–Crippen LogP) is 3.70. The molecule has 1 heterocycles. The Bertz CT molecular complexity index is 699. The van der Waals surface area contributed by atoms with Crippen LogP contribution in [0.15, 0.2) is 34.8 Å². The van der Waals surface area contributed by atoms with Gasteiger partial charge in [0.15, 0.2) is 0 Å². The maximum Gasteiger partial charge on any atom is 0.255 e. The third-order valence-electron chi connectivity index (χ3n) is 4.05. The molecule has 0 saturated heterocycles. The van der Waals surface area contributed by atoms with Gasteiger partial charge >= 0.3 is 0 Å². The van der Waals surface area contributed by atoms with Crippen molar-refractivity contribution in [1.82, 2.24) is 9.47 Å². The molecule has 0 bridgehead atoms. The third-order valence-corrected chi connectivity index (χ3v) is 4.54. The minimum atomic E-state index is 0. The Morgan fingerprint density at radius 2 is 2.00 bits per heavy atom. The summed E-state index contributed by atoms with van der Waals surface area (Å²) in [5.41, 5.74) is 9.40. The van der Waals surface area contributed by atoms with Crippen LogP contribution >= 0.6 is 28.3 Å². The highest BCUT2D eigenvalue weighted by molar-refractivity contribution is 9.10. The van der Waals surface area contributed by atoms with E-state index in [2.05, 4.69) is 20.5 Å². The molecule has 4 nitrogen and oxygen atoms in total. The second-order valence-corrected chi connectivity index (χ2v) is 6.52. The minimum Gasteiger partial charge on any atom is -0.338 e. The molecule has 0 saturated carbocycles. The monoisotopic (exact) mass is 399 g/mol. The highest BCUT2D eigenvalue weighted by Crippen LogP contribution is 2.24. The van der Waals surface area contributed by atoms with E-state index in [1.165, 1.54) is 0 Å². The van der Waals surface area contributed by atoms with Crippen molar-refractivity contribution in [3.8, 4) is 5.69 Å². The van der Waals surface area contributed by atoms with Gasteiger partial charge in [0.05, 0.1) is 5.56 Å². The van der Waals surface area contributed by atoms with Crippen LogP contribution in [-0.2, 0) is 0 Å². The topological polar surface area (TPSA) is 51.3 Å². The second-order valence-electron chi connectivity index (χ2n) is 5.60. The standard InChI is InChI=1S/C17H22BrN3O.ClH/c1-11-8-16(17(22)20(4)12(2)10-19)13(3)21(11)15-7-5-6-14(18)9-15;/h5-9,12H,10,19H2,1-4H3;1H. The average molecular weight is 401 g/mol. The Hall–Kier alpha value is -1.30. The zero-order valence-corrected chi connectivity index (χ0v) is 16.2. The molecule has 0 aliphatic heterocycles. The highest BCUT2D eigenvalue weighted by atomic mass is 79.9. The number of halogens is 2. The molecule has 0 fully saturated rings. The Labute approximate surface area is 152 Å². The summed E-state index contributed by atoms with van der Waals surface area (Å²) in [7, 11) is 1.80. The summed E-state index contributed by atoms with van der Waals surface area (Å²) in [5, 5.41) is 0. The predicted molar refractivity (Wildman–Crippen MR) is 101 cm³/mol. The van der Waals surface area contributed by atoms with Crippen molar-refractivity contribution in [3.63, 3.8) is 0 Å². The van der Waals surface area contributed by atoms with Crippen LogP contribution in [0.3, 0.4) is 0 Å². The normalized spacial score (nSPS) is 11.7. The first kappa shape index (κ1) is 19.7. The van der Waals surface area contributed by atoms with Crippen molar-refractivity contribution in [3.05, 3.63) is 51.8 Å². The van der Waals surface area contributed by atoms with Crippen molar-refractivity contribution in [2.24, 2.45) is 5.73 Å². The number of likely N-dealkylation sites (N-methyl/N-ethyl adjacent to an activating group) is 1. The lowest BCUT2D eigenvalue weighted by molar-refractivity contribution is 0.0747. The smallest absolute Gasteiger partial charge is 0.255 e. The molecule has 1 atom stereocenters. The number of hydrogen-bond donors (Lipinski definition) is 1. The largest absolute Gasteiger partial charge is 0.338 e. The SMILES string of the molecule is Cc1cc(C(=O)N(C)C(C)CN)c(C)n1-c1cccc(Br)c1.Cl. The van der Waals surface area contributed by atoms with Crippen LogP contribution in [0.25, 0.3) is 5.69 Å². The summed E-state index contributed by atoms with van der Waals surface area (Å²) < 4.78 is 3.11. The van der Waals surface area contributed by atoms with Crippen LogP contribution in [0, 0.1) is 13.8 Å². The van der Waals surface area contributed by atoms with Crippen molar-refractivity contribution in [2.75, 3.05) is 13.6 Å². The number of carbonyl (C=O) groups excluding carboxylic acids is 1. The lowest BCUT2D eigenvalue weighted by Gasteiger charge is -2.23. The molecule has 23 heavy (non-hydrogen) atoms. The Morgan fingerprint density at radius 1 is 1.35 bits per heavy atom. The lowest BCUT2D eigenvalue weighted by Crippen LogP contribution is -2.39. The van der Waals surface area contributed by atoms with Gasteiger partial charge in [0, 0.05) is 41.2 Å². The van der Waals surface area contributed by atoms with Crippen molar-refractivity contribution in [2.45, 2.75) is 26.8 Å². The maximum atomic E-state index is 12.7. The fourth-order valence-corrected chi connectivity index (χ4v) is 2.93. The van der Waals surface area contributed by atoms with Gasteiger partial charge in [-0.15, -0.1) is 12.4 Å². The molecule has 2 aromatic rings. The second kappa shape index (κ2) is 7.99. The van der Waals surface area contributed by atoms with E-state index in [-0.39, 0.29) is 24.4 Å². The molecule has 0 radical (unpaired) electrons. The van der Waals surface area contributed by atoms with Crippen LogP contribution in [0.5, 0.6) is 0 Å². The third kappa shape index (κ3) is 3.97. The molecule has 2 rings (SSSR count). The van der Waals surface area contributed by atoms with Crippen LogP contribution < -0.4 is 5.73 Å². The van der Waals surface area contributed by atoms with Crippen LogP contribution in [0.1, 0.15) is 28.7 Å². The first-order chi connectivity index (χ1) is 10.4. The number of nitrogens with two attached hydrogens (primary N) is 1. The molecular formula is C17H23BrClN3O. The number of nitrogens with zero attached hydrogens (tertiary/aromatic N) is 2. The Kier molecular flexibility index (Phi) is 6.86. The number of aryl methyl sites for hydroxylation is 1. The quantitative estimate of drug-likeness (QED) is 0.851. The number of amides is 1. The number of hydrogen-bond acceptors (Lipinski definition) is 2. The van der Waals surface area contributed by atoms with E-state index >= 15 is 0 Å². The van der Waals surface area contributed by atoms with Gasteiger partial charge in [-0.05, 0) is 45.0 Å². The van der Waals surface area contributed by atoms with Gasteiger partial charge in [0.1, 0.15) is 0 Å². The Balaban J connectivity index is 0.00000264. The van der Waals surface area contributed by atoms with Gasteiger partial charge in [-0.25, -0.2) is 0 Å². The van der Waals surface area contributed by atoms with Gasteiger partial charge in [0.2, 0.25) is 0 Å². The van der Waals surface area contributed by atoms with Gasteiger partial charge in [-0.1, -0.05) is 22.0 Å². The molecule has 2 N–H and O–H groups in total. The van der Waals surface area contributed by atoms with Gasteiger partial charge in [-0.2, -0.15) is 0 Å². The van der Waals surface area contributed by atoms with Crippen LogP contribution in [0.2, 0.25) is 0 Å². The summed E-state index contributed by atoms with van der Waals surface area (Å²) in [6.07, 6.45) is 0. The molecule has 0 spiro atoms. The molecule has 126 valence electrons. The van der Waals surface area contributed by atoms with Crippen molar-refractivity contribution >= 4 is 34.2 Å². The lowest BCUT2D eigenvalue weighted by atomic mass is 10.2. The van der Waals surface area contributed by atoms with E-state index < -0.39 is 0 Å². The summed E-state index contributed by atoms with van der Waals surface area (Å²) in [6.45, 7) is 6.39.